The van der Waals surface area contributed by atoms with Gasteiger partial charge in [0.25, 0.3) is 5.56 Å². The Balaban J connectivity index is 1.99. The van der Waals surface area contributed by atoms with Gasteiger partial charge in [-0.05, 0) is 25.1 Å². The van der Waals surface area contributed by atoms with Crippen molar-refractivity contribution in [2.75, 3.05) is 7.11 Å². The minimum Gasteiger partial charge on any atom is -0.496 e. The Labute approximate surface area is 164 Å². The van der Waals surface area contributed by atoms with Crippen LogP contribution in [0.3, 0.4) is 0 Å². The van der Waals surface area contributed by atoms with Gasteiger partial charge in [0, 0.05) is 16.6 Å². The third-order valence-electron chi connectivity index (χ3n) is 4.37. The normalized spacial score (nSPS) is 11.1. The molecule has 2 aromatic carbocycles. The van der Waals surface area contributed by atoms with Crippen LogP contribution in [0.2, 0.25) is 0 Å². The molecule has 136 valence electrons. The molecule has 0 bridgehead atoms. The third kappa shape index (κ3) is 3.04. The largest absolute Gasteiger partial charge is 0.496 e. The number of nitrogens with zero attached hydrogens (tertiary/aromatic N) is 3. The summed E-state index contributed by atoms with van der Waals surface area (Å²) < 4.78 is 8.09. The number of halogens is 1. The number of H-pyrrole nitrogens is 1. The number of nitrogens with one attached hydrogen (secondary N) is 1. The van der Waals surface area contributed by atoms with Crippen LogP contribution in [0.1, 0.15) is 6.92 Å². The fourth-order valence-electron chi connectivity index (χ4n) is 3.09. The average molecular weight is 425 g/mol. The fraction of sp³-hybridized carbons (Fsp3) is 0.150. The molecule has 0 aliphatic carbocycles. The van der Waals surface area contributed by atoms with Crippen molar-refractivity contribution in [1.82, 2.24) is 19.7 Å². The Morgan fingerprint density at radius 1 is 1.19 bits per heavy atom. The molecule has 7 heteroatoms. The summed E-state index contributed by atoms with van der Waals surface area (Å²) in [4.78, 5) is 20.6. The highest BCUT2D eigenvalue weighted by atomic mass is 79.9. The zero-order chi connectivity index (χ0) is 19.0. The summed E-state index contributed by atoms with van der Waals surface area (Å²) in [6.07, 6.45) is 0. The molecule has 6 nitrogen and oxygen atoms in total. The predicted octanol–water partition coefficient (Wildman–Crippen LogP) is 4.24. The van der Waals surface area contributed by atoms with Gasteiger partial charge in [-0.2, -0.15) is 5.10 Å². The van der Waals surface area contributed by atoms with Crippen molar-refractivity contribution in [2.24, 2.45) is 0 Å². The third-order valence-corrected chi connectivity index (χ3v) is 4.86. The molecule has 0 unspecified atom stereocenters. The molecule has 0 fully saturated rings. The van der Waals surface area contributed by atoms with E-state index >= 15 is 0 Å². The lowest BCUT2D eigenvalue weighted by Crippen LogP contribution is -2.11. The van der Waals surface area contributed by atoms with Crippen molar-refractivity contribution >= 4 is 27.0 Å². The van der Waals surface area contributed by atoms with E-state index in [0.717, 1.165) is 10.0 Å². The Kier molecular flexibility index (Phi) is 4.53. The van der Waals surface area contributed by atoms with Crippen LogP contribution < -0.4 is 10.3 Å². The van der Waals surface area contributed by atoms with Crippen molar-refractivity contribution in [3.63, 3.8) is 0 Å². The summed E-state index contributed by atoms with van der Waals surface area (Å²) in [7, 11) is 1.59. The standard InChI is InChI=1S/C20H17BrN4O2/c1-3-25-19-16(17(24-25)12-7-5-4-6-8-12)20(26)23-18(22-19)14-10-9-13(21)11-15(14)27-2/h4-11H,3H2,1-2H3,(H,22,23,26). The van der Waals surface area contributed by atoms with Crippen LogP contribution in [0.25, 0.3) is 33.7 Å². The molecule has 4 aromatic rings. The average Bonchev–Trinajstić information content (AvgIpc) is 3.07. The van der Waals surface area contributed by atoms with Gasteiger partial charge >= 0.3 is 0 Å². The Hall–Kier alpha value is -2.93. The zero-order valence-corrected chi connectivity index (χ0v) is 16.4. The molecule has 0 radical (unpaired) electrons. The number of fused-ring (bicyclic) bond motifs is 1. The SMILES string of the molecule is CCn1nc(-c2ccccc2)c2c(=O)[nH]c(-c3ccc(Br)cc3OC)nc21. The molecule has 0 aliphatic heterocycles. The molecule has 2 heterocycles. The highest BCUT2D eigenvalue weighted by Crippen LogP contribution is 2.31. The number of aromatic nitrogens is 4. The maximum absolute atomic E-state index is 13.0. The monoisotopic (exact) mass is 424 g/mol. The van der Waals surface area contributed by atoms with Gasteiger partial charge in [0.05, 0.1) is 12.7 Å². The first-order valence-electron chi connectivity index (χ1n) is 8.52. The zero-order valence-electron chi connectivity index (χ0n) is 14.9. The molecular formula is C20H17BrN4O2. The van der Waals surface area contributed by atoms with Gasteiger partial charge in [-0.1, -0.05) is 46.3 Å². The minimum atomic E-state index is -0.224. The first-order chi connectivity index (χ1) is 13.1. The van der Waals surface area contributed by atoms with Gasteiger partial charge in [0.2, 0.25) is 0 Å². The second kappa shape index (κ2) is 7.00. The van der Waals surface area contributed by atoms with E-state index in [9.17, 15) is 4.79 Å². The summed E-state index contributed by atoms with van der Waals surface area (Å²) in [6.45, 7) is 2.58. The van der Waals surface area contributed by atoms with Crippen LogP contribution in [0.5, 0.6) is 5.75 Å². The molecule has 0 saturated heterocycles. The number of rotatable bonds is 4. The van der Waals surface area contributed by atoms with Gasteiger partial charge in [0.15, 0.2) is 5.65 Å². The Bertz CT molecular complexity index is 1180. The number of benzene rings is 2. The van der Waals surface area contributed by atoms with E-state index in [1.165, 1.54) is 0 Å². The quantitative estimate of drug-likeness (QED) is 0.531. The van der Waals surface area contributed by atoms with Gasteiger partial charge in [-0.3, -0.25) is 4.79 Å². The van der Waals surface area contributed by atoms with Crippen LogP contribution in [0.4, 0.5) is 0 Å². The van der Waals surface area contributed by atoms with Crippen LogP contribution in [0.15, 0.2) is 57.8 Å². The second-order valence-electron chi connectivity index (χ2n) is 5.99. The predicted molar refractivity (Wildman–Crippen MR) is 109 cm³/mol. The van der Waals surface area contributed by atoms with Gasteiger partial charge in [0.1, 0.15) is 22.7 Å². The molecule has 0 atom stereocenters. The number of ether oxygens (including phenoxy) is 1. The van der Waals surface area contributed by atoms with E-state index in [-0.39, 0.29) is 5.56 Å². The lowest BCUT2D eigenvalue weighted by molar-refractivity contribution is 0.416. The first kappa shape index (κ1) is 17.5. The molecule has 4 rings (SSSR count). The Morgan fingerprint density at radius 3 is 2.67 bits per heavy atom. The summed E-state index contributed by atoms with van der Waals surface area (Å²) >= 11 is 3.43. The van der Waals surface area contributed by atoms with Crippen molar-refractivity contribution in [1.29, 1.82) is 0 Å². The molecular weight excluding hydrogens is 408 g/mol. The van der Waals surface area contributed by atoms with E-state index in [2.05, 4.69) is 26.0 Å². The summed E-state index contributed by atoms with van der Waals surface area (Å²) in [5.41, 5.74) is 2.56. The minimum absolute atomic E-state index is 0.224. The van der Waals surface area contributed by atoms with Crippen molar-refractivity contribution in [2.45, 2.75) is 13.5 Å². The fourth-order valence-corrected chi connectivity index (χ4v) is 3.43. The van der Waals surface area contributed by atoms with E-state index in [1.54, 1.807) is 11.8 Å². The molecule has 27 heavy (non-hydrogen) atoms. The second-order valence-corrected chi connectivity index (χ2v) is 6.90. The number of hydrogen-bond donors (Lipinski definition) is 1. The highest BCUT2D eigenvalue weighted by Gasteiger charge is 2.19. The number of aromatic amines is 1. The van der Waals surface area contributed by atoms with Gasteiger partial charge in [-0.25, -0.2) is 9.67 Å². The van der Waals surface area contributed by atoms with Crippen molar-refractivity contribution in [3.05, 3.63) is 63.4 Å². The van der Waals surface area contributed by atoms with Crippen LogP contribution in [0, 0.1) is 0 Å². The van der Waals surface area contributed by atoms with E-state index in [1.807, 2.05) is 55.5 Å². The lowest BCUT2D eigenvalue weighted by Gasteiger charge is -2.08. The molecule has 0 amide bonds. The number of hydrogen-bond acceptors (Lipinski definition) is 4. The molecule has 1 N–H and O–H groups in total. The molecule has 0 saturated carbocycles. The first-order valence-corrected chi connectivity index (χ1v) is 9.31. The summed E-state index contributed by atoms with van der Waals surface area (Å²) in [5, 5.41) is 5.11. The maximum atomic E-state index is 13.0. The number of aryl methyl sites for hydroxylation is 1. The van der Waals surface area contributed by atoms with Gasteiger partial charge in [-0.15, -0.1) is 0 Å². The number of methoxy groups -OCH3 is 1. The van der Waals surface area contributed by atoms with E-state index in [0.29, 0.717) is 40.4 Å². The van der Waals surface area contributed by atoms with E-state index < -0.39 is 0 Å². The van der Waals surface area contributed by atoms with Crippen LogP contribution >= 0.6 is 15.9 Å². The summed E-state index contributed by atoms with van der Waals surface area (Å²) in [6, 6.07) is 15.2. The topological polar surface area (TPSA) is 72.8 Å². The molecule has 2 aromatic heterocycles. The lowest BCUT2D eigenvalue weighted by atomic mass is 10.1. The van der Waals surface area contributed by atoms with Crippen molar-refractivity contribution in [3.8, 4) is 28.4 Å². The Morgan fingerprint density at radius 2 is 1.96 bits per heavy atom. The van der Waals surface area contributed by atoms with Crippen LogP contribution in [-0.4, -0.2) is 26.9 Å². The highest BCUT2D eigenvalue weighted by molar-refractivity contribution is 9.10. The summed E-state index contributed by atoms with van der Waals surface area (Å²) in [5.74, 6) is 1.07. The molecule has 0 aliphatic rings. The van der Waals surface area contributed by atoms with Crippen molar-refractivity contribution < 1.29 is 4.74 Å². The van der Waals surface area contributed by atoms with Crippen LogP contribution in [-0.2, 0) is 6.54 Å². The molecule has 0 spiro atoms. The maximum Gasteiger partial charge on any atom is 0.262 e. The smallest absolute Gasteiger partial charge is 0.262 e. The van der Waals surface area contributed by atoms with E-state index in [4.69, 9.17) is 9.72 Å². The van der Waals surface area contributed by atoms with Gasteiger partial charge < -0.3 is 9.72 Å².